The lowest BCUT2D eigenvalue weighted by atomic mass is 10.1. The van der Waals surface area contributed by atoms with Crippen LogP contribution in [0.2, 0.25) is 5.02 Å². The van der Waals surface area contributed by atoms with Gasteiger partial charge in [-0.05, 0) is 36.8 Å². The summed E-state index contributed by atoms with van der Waals surface area (Å²) >= 11 is 6.16. The fraction of sp³-hybridized carbons (Fsp3) is 0.455. The summed E-state index contributed by atoms with van der Waals surface area (Å²) in [7, 11) is 3.17. The van der Waals surface area contributed by atoms with Gasteiger partial charge in [-0.3, -0.25) is 4.90 Å². The molecule has 0 bridgehead atoms. The largest absolute Gasteiger partial charge is 0.493 e. The van der Waals surface area contributed by atoms with Gasteiger partial charge in [0.2, 0.25) is 5.75 Å². The third-order valence-electron chi connectivity index (χ3n) is 5.16. The highest BCUT2D eigenvalue weighted by Crippen LogP contribution is 2.36. The molecule has 1 N–H and O–H groups in total. The van der Waals surface area contributed by atoms with Crippen molar-refractivity contribution in [1.29, 1.82) is 0 Å². The average molecular weight is 494 g/mol. The number of piperazine rings is 1. The highest BCUT2D eigenvalue weighted by Gasteiger charge is 2.21. The molecular weight excluding hydrogens is 463 g/mol. The Hall–Kier alpha value is -1.57. The monoisotopic (exact) mass is 492 g/mol. The molecule has 3 rings (SSSR count). The van der Waals surface area contributed by atoms with E-state index >= 15 is 0 Å². The van der Waals surface area contributed by atoms with Crippen molar-refractivity contribution in [3.63, 3.8) is 0 Å². The number of rotatable bonds is 8. The minimum Gasteiger partial charge on any atom is -0.493 e. The number of benzene rings is 2. The maximum Gasteiger partial charge on any atom is 0.203 e. The Morgan fingerprint density at radius 3 is 2.19 bits per heavy atom. The van der Waals surface area contributed by atoms with Crippen LogP contribution < -0.4 is 19.1 Å². The third-order valence-corrected chi connectivity index (χ3v) is 5.39. The molecule has 0 aliphatic carbocycles. The van der Waals surface area contributed by atoms with E-state index in [0.29, 0.717) is 23.8 Å². The van der Waals surface area contributed by atoms with Crippen LogP contribution in [-0.2, 0) is 0 Å². The lowest BCUT2D eigenvalue weighted by Gasteiger charge is -2.37. The van der Waals surface area contributed by atoms with Gasteiger partial charge in [-0.15, -0.1) is 24.8 Å². The summed E-state index contributed by atoms with van der Waals surface area (Å²) < 4.78 is 16.5. The van der Waals surface area contributed by atoms with Crippen LogP contribution in [0.4, 0.5) is 5.69 Å². The minimum absolute atomic E-state index is 0. The first-order chi connectivity index (χ1) is 14.0. The standard InChI is InChI=1S/C22H29ClN2O4.2ClH/c1-16-7-8-17(23)13-19(16)25-11-9-24(10-12-25)14-18(26)15-29-22-20(27-2)5-4-6-21(22)28-3;;/h4-8,13,18,26H,9-12,14-15H2,1-3H3;2*1H. The van der Waals surface area contributed by atoms with Gasteiger partial charge in [0.25, 0.3) is 0 Å². The van der Waals surface area contributed by atoms with E-state index in [-0.39, 0.29) is 31.4 Å². The van der Waals surface area contributed by atoms with Crippen molar-refractivity contribution in [1.82, 2.24) is 4.90 Å². The summed E-state index contributed by atoms with van der Waals surface area (Å²) in [5, 5.41) is 11.2. The lowest BCUT2D eigenvalue weighted by Crippen LogP contribution is -2.49. The number of anilines is 1. The van der Waals surface area contributed by atoms with Crippen molar-refractivity contribution in [3.8, 4) is 17.2 Å². The second-order valence-corrected chi connectivity index (χ2v) is 7.61. The SMILES string of the molecule is COc1cccc(OC)c1OCC(O)CN1CCN(c2cc(Cl)ccc2C)CC1.Cl.Cl. The van der Waals surface area contributed by atoms with Gasteiger partial charge >= 0.3 is 0 Å². The Kier molecular flexibility index (Phi) is 11.6. The van der Waals surface area contributed by atoms with Crippen molar-refractivity contribution < 1.29 is 19.3 Å². The molecule has 2 aromatic rings. The van der Waals surface area contributed by atoms with Crippen LogP contribution in [0.25, 0.3) is 0 Å². The maximum atomic E-state index is 10.5. The van der Waals surface area contributed by atoms with Crippen LogP contribution in [0.1, 0.15) is 5.56 Å². The van der Waals surface area contributed by atoms with Crippen LogP contribution in [0, 0.1) is 6.92 Å². The van der Waals surface area contributed by atoms with Gasteiger partial charge in [0.05, 0.1) is 14.2 Å². The number of aryl methyl sites for hydroxylation is 1. The smallest absolute Gasteiger partial charge is 0.203 e. The second-order valence-electron chi connectivity index (χ2n) is 7.17. The van der Waals surface area contributed by atoms with Crippen molar-refractivity contribution in [3.05, 3.63) is 47.0 Å². The van der Waals surface area contributed by atoms with Crippen LogP contribution in [0.5, 0.6) is 17.2 Å². The summed E-state index contributed by atoms with van der Waals surface area (Å²) in [4.78, 5) is 4.60. The third kappa shape index (κ3) is 7.22. The number of nitrogens with zero attached hydrogens (tertiary/aromatic N) is 2. The van der Waals surface area contributed by atoms with E-state index in [9.17, 15) is 5.11 Å². The van der Waals surface area contributed by atoms with Crippen molar-refractivity contribution in [2.75, 3.05) is 58.5 Å². The summed E-state index contributed by atoms with van der Waals surface area (Å²) in [5.74, 6) is 1.68. The number of halogens is 3. The Balaban J connectivity index is 0.00000240. The summed E-state index contributed by atoms with van der Waals surface area (Å²) in [6, 6.07) is 11.4. The molecule has 1 unspecified atom stereocenters. The van der Waals surface area contributed by atoms with Gasteiger partial charge in [0.1, 0.15) is 12.7 Å². The summed E-state index contributed by atoms with van der Waals surface area (Å²) in [6.45, 7) is 6.38. The van der Waals surface area contributed by atoms with Gasteiger partial charge in [-0.2, -0.15) is 0 Å². The fourth-order valence-corrected chi connectivity index (χ4v) is 3.75. The quantitative estimate of drug-likeness (QED) is 0.598. The van der Waals surface area contributed by atoms with E-state index in [4.69, 9.17) is 25.8 Å². The van der Waals surface area contributed by atoms with Crippen LogP contribution in [0.15, 0.2) is 36.4 Å². The zero-order valence-corrected chi connectivity index (χ0v) is 20.4. The first-order valence-corrected chi connectivity index (χ1v) is 10.1. The van der Waals surface area contributed by atoms with Crippen LogP contribution in [0.3, 0.4) is 0 Å². The van der Waals surface area contributed by atoms with Gasteiger partial charge in [-0.25, -0.2) is 0 Å². The predicted molar refractivity (Wildman–Crippen MR) is 130 cm³/mol. The lowest BCUT2D eigenvalue weighted by molar-refractivity contribution is 0.0643. The Labute approximate surface area is 201 Å². The molecule has 1 heterocycles. The van der Waals surface area contributed by atoms with Gasteiger partial charge in [0.15, 0.2) is 11.5 Å². The maximum absolute atomic E-state index is 10.5. The van der Waals surface area contributed by atoms with Crippen molar-refractivity contribution >= 4 is 42.1 Å². The average Bonchev–Trinajstić information content (AvgIpc) is 2.74. The molecule has 1 fully saturated rings. The number of hydrogen-bond acceptors (Lipinski definition) is 6. The zero-order chi connectivity index (χ0) is 20.8. The molecule has 0 radical (unpaired) electrons. The number of aliphatic hydroxyl groups is 1. The van der Waals surface area contributed by atoms with E-state index < -0.39 is 6.10 Å². The molecule has 9 heteroatoms. The molecule has 0 spiro atoms. The number of ether oxygens (including phenoxy) is 3. The van der Waals surface area contributed by atoms with Crippen molar-refractivity contribution in [2.45, 2.75) is 13.0 Å². The number of para-hydroxylation sites is 1. The van der Waals surface area contributed by atoms with Gasteiger partial charge in [-0.1, -0.05) is 23.7 Å². The highest BCUT2D eigenvalue weighted by molar-refractivity contribution is 6.30. The summed E-state index contributed by atoms with van der Waals surface area (Å²) in [6.07, 6.45) is -0.607. The second kappa shape index (κ2) is 13.1. The Bertz CT molecular complexity index is 795. The number of aliphatic hydroxyl groups excluding tert-OH is 1. The number of hydrogen-bond donors (Lipinski definition) is 1. The molecule has 1 atom stereocenters. The number of β-amino-alcohol motifs (C(OH)–C–C–N with tert-alkyl or cyclic N) is 1. The molecule has 6 nitrogen and oxygen atoms in total. The van der Waals surface area contributed by atoms with E-state index in [1.165, 1.54) is 11.3 Å². The minimum atomic E-state index is -0.607. The Morgan fingerprint density at radius 2 is 1.61 bits per heavy atom. The molecular formula is C22H31Cl3N2O4. The predicted octanol–water partition coefficient (Wildman–Crippen LogP) is 4.07. The first kappa shape index (κ1) is 27.5. The molecule has 0 amide bonds. The van der Waals surface area contributed by atoms with E-state index in [1.807, 2.05) is 18.2 Å². The molecule has 2 aromatic carbocycles. The summed E-state index contributed by atoms with van der Waals surface area (Å²) in [5.41, 5.74) is 2.41. The zero-order valence-electron chi connectivity index (χ0n) is 18.0. The van der Waals surface area contributed by atoms with E-state index in [1.54, 1.807) is 26.4 Å². The highest BCUT2D eigenvalue weighted by atomic mass is 35.5. The molecule has 0 saturated carbocycles. The molecule has 31 heavy (non-hydrogen) atoms. The van der Waals surface area contributed by atoms with E-state index in [2.05, 4.69) is 22.8 Å². The molecule has 1 aliphatic rings. The topological polar surface area (TPSA) is 54.4 Å². The van der Waals surface area contributed by atoms with Gasteiger partial charge in [0, 0.05) is 43.4 Å². The first-order valence-electron chi connectivity index (χ1n) is 9.77. The van der Waals surface area contributed by atoms with Crippen LogP contribution in [-0.4, -0.2) is 69.7 Å². The van der Waals surface area contributed by atoms with Crippen LogP contribution >= 0.6 is 36.4 Å². The fourth-order valence-electron chi connectivity index (χ4n) is 3.58. The van der Waals surface area contributed by atoms with Gasteiger partial charge < -0.3 is 24.2 Å². The normalized spacial score (nSPS) is 14.8. The van der Waals surface area contributed by atoms with Crippen molar-refractivity contribution in [2.24, 2.45) is 0 Å². The molecule has 0 aromatic heterocycles. The van der Waals surface area contributed by atoms with E-state index in [0.717, 1.165) is 31.2 Å². The molecule has 174 valence electrons. The number of methoxy groups -OCH3 is 2. The molecule has 1 aliphatic heterocycles. The molecule has 1 saturated heterocycles. The Morgan fingerprint density at radius 1 is 1.00 bits per heavy atom.